The maximum absolute atomic E-state index is 5.87. The van der Waals surface area contributed by atoms with Gasteiger partial charge in [-0.3, -0.25) is 10.3 Å². The van der Waals surface area contributed by atoms with E-state index in [1.54, 1.807) is 6.20 Å². The van der Waals surface area contributed by atoms with Gasteiger partial charge >= 0.3 is 0 Å². The molecule has 0 atom stereocenters. The van der Waals surface area contributed by atoms with E-state index >= 15 is 0 Å². The average Bonchev–Trinajstić information content (AvgIpc) is 2.64. The van der Waals surface area contributed by atoms with Gasteiger partial charge in [0, 0.05) is 18.4 Å². The summed E-state index contributed by atoms with van der Waals surface area (Å²) in [4.78, 5) is 12.6. The van der Waals surface area contributed by atoms with Crippen LogP contribution in [0.5, 0.6) is 11.5 Å². The maximum atomic E-state index is 5.87. The second-order valence-electron chi connectivity index (χ2n) is 5.72. The minimum atomic E-state index is 0.305. The number of nitrogens with zero attached hydrogens (tertiary/aromatic N) is 3. The molecule has 6 nitrogen and oxygen atoms in total. The summed E-state index contributed by atoms with van der Waals surface area (Å²) in [6.07, 6.45) is 2.46. The summed E-state index contributed by atoms with van der Waals surface area (Å²) in [6.45, 7) is 2.47. The molecular weight excluding hydrogens is 326 g/mol. The molecule has 3 aromatic rings. The molecule has 0 saturated heterocycles. The molecule has 0 aliphatic rings. The largest absolute Gasteiger partial charge is 0.457 e. The predicted molar refractivity (Wildman–Crippen MR) is 104 cm³/mol. The van der Waals surface area contributed by atoms with Gasteiger partial charge in [0.15, 0.2) is 5.96 Å². The quantitative estimate of drug-likeness (QED) is 0.526. The van der Waals surface area contributed by atoms with Gasteiger partial charge in [0.1, 0.15) is 11.5 Å². The molecule has 3 rings (SSSR count). The molecular formula is C20H21N5O. The molecule has 0 saturated carbocycles. The third-order valence-electron chi connectivity index (χ3n) is 3.62. The number of ether oxygens (including phenoxy) is 1. The fraction of sp³-hybridized carbons (Fsp3) is 0.150. The number of aliphatic imine (C=N–C) groups is 1. The highest BCUT2D eigenvalue weighted by molar-refractivity contribution is 5.90. The van der Waals surface area contributed by atoms with Crippen molar-refractivity contribution in [2.45, 2.75) is 13.3 Å². The highest BCUT2D eigenvalue weighted by atomic mass is 16.5. The minimum Gasteiger partial charge on any atom is -0.457 e. The van der Waals surface area contributed by atoms with Crippen LogP contribution in [0.2, 0.25) is 0 Å². The Morgan fingerprint density at radius 3 is 2.50 bits per heavy atom. The Balaban J connectivity index is 1.50. The zero-order valence-corrected chi connectivity index (χ0v) is 14.6. The van der Waals surface area contributed by atoms with E-state index in [0.29, 0.717) is 18.5 Å². The number of nitrogens with two attached hydrogens (primary N) is 1. The van der Waals surface area contributed by atoms with Crippen molar-refractivity contribution in [2.24, 2.45) is 10.7 Å². The van der Waals surface area contributed by atoms with Gasteiger partial charge in [-0.15, -0.1) is 0 Å². The number of nitrogens with one attached hydrogen (secondary N) is 1. The van der Waals surface area contributed by atoms with Gasteiger partial charge in [-0.05, 0) is 49.2 Å². The summed E-state index contributed by atoms with van der Waals surface area (Å²) in [5.41, 5.74) is 7.90. The van der Waals surface area contributed by atoms with E-state index in [2.05, 4.69) is 20.3 Å². The van der Waals surface area contributed by atoms with E-state index in [1.807, 2.05) is 67.6 Å². The normalized spacial score (nSPS) is 11.2. The van der Waals surface area contributed by atoms with E-state index < -0.39 is 0 Å². The number of hydrogen-bond acceptors (Lipinski definition) is 4. The average molecular weight is 347 g/mol. The van der Waals surface area contributed by atoms with Crippen LogP contribution in [-0.4, -0.2) is 22.5 Å². The first-order valence-electron chi connectivity index (χ1n) is 8.37. The smallest absolute Gasteiger partial charge is 0.229 e. The summed E-state index contributed by atoms with van der Waals surface area (Å²) in [7, 11) is 0. The molecule has 0 bridgehead atoms. The van der Waals surface area contributed by atoms with Crippen molar-refractivity contribution in [1.82, 2.24) is 9.97 Å². The van der Waals surface area contributed by atoms with Gasteiger partial charge in [0.2, 0.25) is 5.95 Å². The van der Waals surface area contributed by atoms with Gasteiger partial charge in [0.05, 0.1) is 0 Å². The third-order valence-corrected chi connectivity index (χ3v) is 3.62. The van der Waals surface area contributed by atoms with Crippen molar-refractivity contribution < 1.29 is 4.74 Å². The lowest BCUT2D eigenvalue weighted by atomic mass is 10.1. The molecule has 0 aliphatic carbocycles. The lowest BCUT2D eigenvalue weighted by Gasteiger charge is -2.07. The Morgan fingerprint density at radius 2 is 1.77 bits per heavy atom. The highest BCUT2D eigenvalue weighted by Crippen LogP contribution is 2.21. The Hall–Kier alpha value is -3.41. The van der Waals surface area contributed by atoms with Crippen molar-refractivity contribution in [3.63, 3.8) is 0 Å². The molecule has 0 spiro atoms. The number of guanidine groups is 1. The van der Waals surface area contributed by atoms with E-state index in [0.717, 1.165) is 29.2 Å². The fourth-order valence-corrected chi connectivity index (χ4v) is 2.32. The van der Waals surface area contributed by atoms with Crippen molar-refractivity contribution in [3.8, 4) is 11.5 Å². The number of anilines is 1. The third kappa shape index (κ3) is 5.31. The molecule has 2 aromatic carbocycles. The van der Waals surface area contributed by atoms with Gasteiger partial charge in [-0.25, -0.2) is 9.97 Å². The fourth-order valence-electron chi connectivity index (χ4n) is 2.32. The monoisotopic (exact) mass is 347 g/mol. The number of aromatic nitrogens is 2. The molecule has 0 radical (unpaired) electrons. The van der Waals surface area contributed by atoms with Gasteiger partial charge < -0.3 is 10.5 Å². The van der Waals surface area contributed by atoms with Crippen LogP contribution in [0, 0.1) is 6.92 Å². The van der Waals surface area contributed by atoms with Crippen LogP contribution in [0.15, 0.2) is 71.9 Å². The Labute approximate surface area is 152 Å². The van der Waals surface area contributed by atoms with Crippen LogP contribution in [0.4, 0.5) is 5.95 Å². The second-order valence-corrected chi connectivity index (χ2v) is 5.72. The molecule has 0 amide bonds. The number of para-hydroxylation sites is 1. The van der Waals surface area contributed by atoms with Crippen LogP contribution in [0.3, 0.4) is 0 Å². The molecule has 0 fully saturated rings. The molecule has 1 aromatic heterocycles. The zero-order valence-electron chi connectivity index (χ0n) is 14.6. The first kappa shape index (κ1) is 17.4. The summed E-state index contributed by atoms with van der Waals surface area (Å²) < 4.78 is 5.78. The van der Waals surface area contributed by atoms with Crippen molar-refractivity contribution >= 4 is 11.9 Å². The lowest BCUT2D eigenvalue weighted by Crippen LogP contribution is -2.24. The van der Waals surface area contributed by atoms with Crippen molar-refractivity contribution in [1.29, 1.82) is 0 Å². The lowest BCUT2D eigenvalue weighted by molar-refractivity contribution is 0.482. The summed E-state index contributed by atoms with van der Waals surface area (Å²) in [5.74, 6) is 2.39. The zero-order chi connectivity index (χ0) is 18.2. The SMILES string of the molecule is Cc1ccnc(NC(N)=NCCc2ccc(Oc3ccccc3)cc2)n1. The van der Waals surface area contributed by atoms with Crippen LogP contribution in [0.1, 0.15) is 11.3 Å². The van der Waals surface area contributed by atoms with E-state index in [9.17, 15) is 0 Å². The van der Waals surface area contributed by atoms with E-state index in [4.69, 9.17) is 10.5 Å². The highest BCUT2D eigenvalue weighted by Gasteiger charge is 2.00. The number of hydrogen-bond donors (Lipinski definition) is 2. The van der Waals surface area contributed by atoms with Crippen LogP contribution in [-0.2, 0) is 6.42 Å². The number of aryl methyl sites for hydroxylation is 1. The molecule has 3 N–H and O–H groups in total. The molecule has 1 heterocycles. The first-order chi connectivity index (χ1) is 12.7. The Bertz CT molecular complexity index is 863. The minimum absolute atomic E-state index is 0.305. The van der Waals surface area contributed by atoms with Crippen LogP contribution < -0.4 is 15.8 Å². The summed E-state index contributed by atoms with van der Waals surface area (Å²) in [5, 5.41) is 2.89. The Kier molecular flexibility index (Phi) is 5.77. The van der Waals surface area contributed by atoms with E-state index in [1.165, 1.54) is 0 Å². The second kappa shape index (κ2) is 8.62. The van der Waals surface area contributed by atoms with Crippen LogP contribution >= 0.6 is 0 Å². The standard InChI is InChI=1S/C20H21N5O/c1-15-11-13-23-20(24-15)25-19(21)22-14-12-16-7-9-18(10-8-16)26-17-5-3-2-4-6-17/h2-11,13H,12,14H2,1H3,(H3,21,22,23,24,25). The maximum Gasteiger partial charge on any atom is 0.229 e. The van der Waals surface area contributed by atoms with E-state index in [-0.39, 0.29) is 0 Å². The summed E-state index contributed by atoms with van der Waals surface area (Å²) >= 11 is 0. The molecule has 0 aliphatic heterocycles. The van der Waals surface area contributed by atoms with Gasteiger partial charge in [-0.1, -0.05) is 30.3 Å². The van der Waals surface area contributed by atoms with Gasteiger partial charge in [-0.2, -0.15) is 0 Å². The topological polar surface area (TPSA) is 85.4 Å². The van der Waals surface area contributed by atoms with Crippen LogP contribution in [0.25, 0.3) is 0 Å². The predicted octanol–water partition coefficient (Wildman–Crippen LogP) is 3.55. The molecule has 26 heavy (non-hydrogen) atoms. The summed E-state index contributed by atoms with van der Waals surface area (Å²) in [6, 6.07) is 19.5. The number of benzene rings is 2. The first-order valence-corrected chi connectivity index (χ1v) is 8.37. The van der Waals surface area contributed by atoms with Crippen molar-refractivity contribution in [2.75, 3.05) is 11.9 Å². The Morgan fingerprint density at radius 1 is 1.04 bits per heavy atom. The molecule has 132 valence electrons. The molecule has 6 heteroatoms. The number of rotatable bonds is 6. The molecule has 0 unspecified atom stereocenters. The van der Waals surface area contributed by atoms with Gasteiger partial charge in [0.25, 0.3) is 0 Å². The van der Waals surface area contributed by atoms with Crippen molar-refractivity contribution in [3.05, 3.63) is 78.1 Å².